The van der Waals surface area contributed by atoms with Crippen LogP contribution in [0.1, 0.15) is 19.8 Å². The van der Waals surface area contributed by atoms with E-state index in [0.717, 1.165) is 27.7 Å². The number of fused-ring (bicyclic) bond motifs is 1. The van der Waals surface area contributed by atoms with Crippen LogP contribution in [0.15, 0.2) is 63.6 Å². The quantitative estimate of drug-likeness (QED) is 0.655. The lowest BCUT2D eigenvalue weighted by Crippen LogP contribution is -2.26. The number of allylic oxidation sites excluding steroid dienone is 5. The van der Waals surface area contributed by atoms with Crippen molar-refractivity contribution in [2.24, 2.45) is 0 Å². The fourth-order valence-corrected chi connectivity index (χ4v) is 3.96. The van der Waals surface area contributed by atoms with Crippen molar-refractivity contribution >= 4 is 17.4 Å². The number of thioether (sulfide) groups is 1. The molecule has 0 fully saturated rings. The monoisotopic (exact) mass is 323 g/mol. The molecule has 0 radical (unpaired) electrons. The smallest absolute Gasteiger partial charge is 0.343 e. The Morgan fingerprint density at radius 3 is 2.68 bits per heavy atom. The minimum atomic E-state index is -4.29. The van der Waals surface area contributed by atoms with Crippen LogP contribution in [-0.2, 0) is 0 Å². The fourth-order valence-electron chi connectivity index (χ4n) is 2.78. The molecule has 1 nitrogen and oxygen atoms in total. The number of halogens is 3. The van der Waals surface area contributed by atoms with Crippen LogP contribution >= 0.6 is 11.8 Å². The van der Waals surface area contributed by atoms with Gasteiger partial charge in [-0.3, -0.25) is 0 Å². The molecule has 0 unspecified atom stereocenters. The van der Waals surface area contributed by atoms with E-state index in [1.165, 1.54) is 12.2 Å². The van der Waals surface area contributed by atoms with E-state index < -0.39 is 11.7 Å². The minimum absolute atomic E-state index is 0.309. The van der Waals surface area contributed by atoms with Gasteiger partial charge in [0, 0.05) is 28.5 Å². The molecule has 1 aliphatic carbocycles. The van der Waals surface area contributed by atoms with E-state index in [2.05, 4.69) is 11.0 Å². The summed E-state index contributed by atoms with van der Waals surface area (Å²) in [5.41, 5.74) is 1.51. The minimum Gasteiger partial charge on any atom is -0.343 e. The topological polar surface area (TPSA) is 3.24 Å². The highest BCUT2D eigenvalue weighted by atomic mass is 32.2. The summed E-state index contributed by atoms with van der Waals surface area (Å²) in [4.78, 5) is 4.43. The molecule has 2 aliphatic rings. The molecular formula is C17H16F3NS. The summed E-state index contributed by atoms with van der Waals surface area (Å²) in [6.45, 7) is 2.77. The van der Waals surface area contributed by atoms with E-state index in [-0.39, 0.29) is 0 Å². The number of benzene rings is 1. The standard InChI is InChI=1S/C17H16F3NS/c1-2-21-13-7-3-4-8-15(13)22-16-9-5-6-12(17(18,19)20)10-11-14(16)21/h3-8,10H,2,9,11H2,1H3/b6-5?,12-10+. The molecule has 0 N–H and O–H groups in total. The van der Waals surface area contributed by atoms with Gasteiger partial charge in [0.25, 0.3) is 0 Å². The molecule has 1 heterocycles. The Kier molecular flexibility index (Phi) is 4.08. The molecule has 0 saturated carbocycles. The van der Waals surface area contributed by atoms with Gasteiger partial charge in [0.15, 0.2) is 0 Å². The zero-order chi connectivity index (χ0) is 15.7. The van der Waals surface area contributed by atoms with Crippen molar-refractivity contribution in [3.05, 3.63) is 58.7 Å². The Labute approximate surface area is 132 Å². The van der Waals surface area contributed by atoms with Crippen molar-refractivity contribution in [3.8, 4) is 0 Å². The van der Waals surface area contributed by atoms with Crippen LogP contribution in [0.25, 0.3) is 0 Å². The molecule has 1 aromatic rings. The van der Waals surface area contributed by atoms with Gasteiger partial charge in [-0.15, -0.1) is 0 Å². The van der Waals surface area contributed by atoms with Crippen LogP contribution in [0.4, 0.5) is 18.9 Å². The zero-order valence-corrected chi connectivity index (χ0v) is 13.0. The van der Waals surface area contributed by atoms with Crippen molar-refractivity contribution in [3.63, 3.8) is 0 Å². The van der Waals surface area contributed by atoms with Gasteiger partial charge in [-0.25, -0.2) is 0 Å². The summed E-state index contributed by atoms with van der Waals surface area (Å²) in [5.74, 6) is 0. The van der Waals surface area contributed by atoms with Crippen molar-refractivity contribution in [1.29, 1.82) is 0 Å². The third-order valence-corrected chi connectivity index (χ3v) is 5.01. The molecule has 1 aromatic carbocycles. The van der Waals surface area contributed by atoms with Crippen LogP contribution < -0.4 is 4.90 Å². The second-order valence-electron chi connectivity index (χ2n) is 5.15. The van der Waals surface area contributed by atoms with E-state index in [1.807, 2.05) is 25.1 Å². The maximum atomic E-state index is 12.9. The van der Waals surface area contributed by atoms with Gasteiger partial charge in [-0.05, 0) is 25.5 Å². The summed E-state index contributed by atoms with van der Waals surface area (Å²) in [6, 6.07) is 8.05. The predicted molar refractivity (Wildman–Crippen MR) is 84.9 cm³/mol. The Balaban J connectivity index is 2.01. The lowest BCUT2D eigenvalue weighted by Gasteiger charge is -2.34. The van der Waals surface area contributed by atoms with Crippen LogP contribution in [0.5, 0.6) is 0 Å². The zero-order valence-electron chi connectivity index (χ0n) is 12.2. The van der Waals surface area contributed by atoms with E-state index in [9.17, 15) is 13.2 Å². The third-order valence-electron chi connectivity index (χ3n) is 3.80. The van der Waals surface area contributed by atoms with Crippen LogP contribution in [0.3, 0.4) is 0 Å². The lowest BCUT2D eigenvalue weighted by atomic mass is 10.1. The number of rotatable bonds is 1. The molecule has 0 spiro atoms. The number of anilines is 1. The van der Waals surface area contributed by atoms with Crippen LogP contribution in [-0.4, -0.2) is 12.7 Å². The first-order chi connectivity index (χ1) is 10.5. The van der Waals surface area contributed by atoms with Crippen molar-refractivity contribution in [1.82, 2.24) is 0 Å². The number of hydrogen-bond acceptors (Lipinski definition) is 2. The van der Waals surface area contributed by atoms with Crippen molar-refractivity contribution in [2.45, 2.75) is 30.8 Å². The van der Waals surface area contributed by atoms with Gasteiger partial charge >= 0.3 is 6.18 Å². The first-order valence-corrected chi connectivity index (χ1v) is 8.02. The highest BCUT2D eigenvalue weighted by Gasteiger charge is 2.33. The molecule has 5 heteroatoms. The number of para-hydroxylation sites is 1. The Hall–Kier alpha value is -1.62. The average molecular weight is 323 g/mol. The van der Waals surface area contributed by atoms with Gasteiger partial charge in [0.05, 0.1) is 11.3 Å². The summed E-state index contributed by atoms with van der Waals surface area (Å²) in [7, 11) is 0. The van der Waals surface area contributed by atoms with E-state index in [1.54, 1.807) is 17.8 Å². The predicted octanol–water partition coefficient (Wildman–Crippen LogP) is 5.67. The molecule has 0 amide bonds. The number of alkyl halides is 3. The number of hydrogen-bond donors (Lipinski definition) is 0. The normalized spacial score (nSPS) is 20.7. The Morgan fingerprint density at radius 2 is 1.95 bits per heavy atom. The summed E-state index contributed by atoms with van der Waals surface area (Å²) < 4.78 is 38.8. The second-order valence-corrected chi connectivity index (χ2v) is 6.29. The highest BCUT2D eigenvalue weighted by Crippen LogP contribution is 2.46. The number of nitrogens with zero attached hydrogens (tertiary/aromatic N) is 1. The maximum absolute atomic E-state index is 12.9. The summed E-state index contributed by atoms with van der Waals surface area (Å²) in [5, 5.41) is 0. The van der Waals surface area contributed by atoms with Crippen LogP contribution in [0, 0.1) is 0 Å². The van der Waals surface area contributed by atoms with Gasteiger partial charge in [0.2, 0.25) is 0 Å². The molecule has 116 valence electrons. The highest BCUT2D eigenvalue weighted by molar-refractivity contribution is 8.03. The second kappa shape index (κ2) is 5.88. The van der Waals surface area contributed by atoms with Gasteiger partial charge in [0.1, 0.15) is 0 Å². The molecule has 1 aliphatic heterocycles. The lowest BCUT2D eigenvalue weighted by molar-refractivity contribution is -0.0884. The largest absolute Gasteiger partial charge is 0.416 e. The van der Waals surface area contributed by atoms with Crippen molar-refractivity contribution in [2.75, 3.05) is 11.4 Å². The van der Waals surface area contributed by atoms with Gasteiger partial charge in [-0.1, -0.05) is 42.1 Å². The molecule has 0 atom stereocenters. The third kappa shape index (κ3) is 2.82. The summed E-state index contributed by atoms with van der Waals surface area (Å²) >= 11 is 1.67. The first kappa shape index (κ1) is 15.3. The SMILES string of the molecule is CCN1C2=C(CC=C/C(C(F)(F)F)=C\C2)Sc2ccccc21. The molecule has 0 bridgehead atoms. The van der Waals surface area contributed by atoms with E-state index in [0.29, 0.717) is 12.8 Å². The molecule has 0 aromatic heterocycles. The molecule has 3 rings (SSSR count). The first-order valence-electron chi connectivity index (χ1n) is 7.21. The summed E-state index contributed by atoms with van der Waals surface area (Å²) in [6.07, 6.45) is 0.666. The fraction of sp³-hybridized carbons (Fsp3) is 0.294. The molecular weight excluding hydrogens is 307 g/mol. The Bertz CT molecular complexity index is 671. The van der Waals surface area contributed by atoms with E-state index in [4.69, 9.17) is 0 Å². The van der Waals surface area contributed by atoms with Crippen molar-refractivity contribution < 1.29 is 13.2 Å². The molecule has 0 saturated heterocycles. The van der Waals surface area contributed by atoms with Gasteiger partial charge < -0.3 is 4.90 Å². The van der Waals surface area contributed by atoms with Crippen LogP contribution in [0.2, 0.25) is 0 Å². The van der Waals surface area contributed by atoms with Gasteiger partial charge in [-0.2, -0.15) is 13.2 Å². The molecule has 22 heavy (non-hydrogen) atoms. The van der Waals surface area contributed by atoms with E-state index >= 15 is 0 Å². The average Bonchev–Trinajstić information content (AvgIpc) is 2.45. The Morgan fingerprint density at radius 1 is 1.18 bits per heavy atom. The maximum Gasteiger partial charge on any atom is 0.416 e.